The van der Waals surface area contributed by atoms with E-state index in [0.29, 0.717) is 29.6 Å². The minimum absolute atomic E-state index is 0.218. The summed E-state index contributed by atoms with van der Waals surface area (Å²) in [5.41, 5.74) is 7.27. The number of carbonyl (C=O) groups excluding carboxylic acids is 1. The molecule has 1 aromatic heterocycles. The Hall–Kier alpha value is -4.46. The minimum Gasteiger partial charge on any atom is -0.489 e. The Kier molecular flexibility index (Phi) is 6.25. The summed E-state index contributed by atoms with van der Waals surface area (Å²) in [5.74, 6) is 0.965. The lowest BCUT2D eigenvalue weighted by Crippen LogP contribution is -2.31. The van der Waals surface area contributed by atoms with Gasteiger partial charge in [0, 0.05) is 11.4 Å². The third-order valence-corrected chi connectivity index (χ3v) is 6.42. The maximum absolute atomic E-state index is 13.6. The summed E-state index contributed by atoms with van der Waals surface area (Å²) in [6.45, 7) is 8.39. The summed E-state index contributed by atoms with van der Waals surface area (Å²) in [6, 6.07) is 21.3. The third-order valence-electron chi connectivity index (χ3n) is 6.42. The lowest BCUT2D eigenvalue weighted by atomic mass is 9.94. The van der Waals surface area contributed by atoms with Crippen molar-refractivity contribution in [3.8, 4) is 5.75 Å². The van der Waals surface area contributed by atoms with E-state index in [0.717, 1.165) is 27.9 Å². The number of hydrogen-bond donors (Lipinski definition) is 2. The fourth-order valence-electron chi connectivity index (χ4n) is 4.47. The van der Waals surface area contributed by atoms with Gasteiger partial charge in [-0.05, 0) is 78.6 Å². The van der Waals surface area contributed by atoms with E-state index >= 15 is 0 Å². The van der Waals surface area contributed by atoms with E-state index in [1.54, 1.807) is 4.68 Å². The molecular formula is C28H28N6O2. The van der Waals surface area contributed by atoms with Gasteiger partial charge in [-0.3, -0.25) is 4.79 Å². The standard InChI is InChI=1S/C28H28N6O2/c1-17-12-13-24(19(3)14-17)30-27(35)25-20(4)29-28-31-32-33-34(28)26(25)21-10-7-11-23(15-21)36-16-22-9-6-5-8-18(22)2/h5-15,26H,16H2,1-4H3,(H,30,35)(H,29,31,33). The molecule has 2 heterocycles. The van der Waals surface area contributed by atoms with Crippen LogP contribution in [0.2, 0.25) is 0 Å². The number of anilines is 2. The number of nitrogens with one attached hydrogen (secondary N) is 2. The molecule has 8 nitrogen and oxygen atoms in total. The van der Waals surface area contributed by atoms with E-state index in [4.69, 9.17) is 4.74 Å². The molecule has 1 aliphatic heterocycles. The van der Waals surface area contributed by atoms with Crippen molar-refractivity contribution in [1.29, 1.82) is 0 Å². The second kappa shape index (κ2) is 9.65. The molecule has 8 heteroatoms. The maximum Gasteiger partial charge on any atom is 0.255 e. The monoisotopic (exact) mass is 480 g/mol. The molecule has 0 fully saturated rings. The summed E-state index contributed by atoms with van der Waals surface area (Å²) in [4.78, 5) is 13.6. The number of benzene rings is 3. The van der Waals surface area contributed by atoms with Gasteiger partial charge in [0.15, 0.2) is 0 Å². The Balaban J connectivity index is 1.47. The molecule has 0 bridgehead atoms. The average molecular weight is 481 g/mol. The van der Waals surface area contributed by atoms with E-state index in [1.165, 1.54) is 5.56 Å². The van der Waals surface area contributed by atoms with E-state index in [1.807, 2.05) is 75.4 Å². The highest BCUT2D eigenvalue weighted by Gasteiger charge is 2.34. The highest BCUT2D eigenvalue weighted by Crippen LogP contribution is 2.36. The molecule has 1 atom stereocenters. The fourth-order valence-corrected chi connectivity index (χ4v) is 4.47. The van der Waals surface area contributed by atoms with Crippen molar-refractivity contribution in [3.05, 3.63) is 106 Å². The van der Waals surface area contributed by atoms with Crippen molar-refractivity contribution in [3.63, 3.8) is 0 Å². The van der Waals surface area contributed by atoms with Crippen LogP contribution < -0.4 is 15.4 Å². The van der Waals surface area contributed by atoms with Gasteiger partial charge in [-0.1, -0.05) is 59.2 Å². The normalized spacial score (nSPS) is 14.7. The Morgan fingerprint density at radius 2 is 1.83 bits per heavy atom. The highest BCUT2D eigenvalue weighted by molar-refractivity contribution is 6.06. The SMILES string of the molecule is CC1=C(C(=O)Nc2ccc(C)cc2C)C(c2cccc(OCc3ccccc3C)c2)n2nnnc2N1. The van der Waals surface area contributed by atoms with Crippen LogP contribution in [-0.2, 0) is 11.4 Å². The first-order chi connectivity index (χ1) is 17.4. The van der Waals surface area contributed by atoms with Crippen LogP contribution in [0.25, 0.3) is 0 Å². The van der Waals surface area contributed by atoms with Gasteiger partial charge in [0.25, 0.3) is 5.91 Å². The van der Waals surface area contributed by atoms with Gasteiger partial charge in [-0.25, -0.2) is 0 Å². The molecule has 36 heavy (non-hydrogen) atoms. The summed E-state index contributed by atoms with van der Waals surface area (Å²) in [6.07, 6.45) is 0. The Morgan fingerprint density at radius 1 is 1.00 bits per heavy atom. The highest BCUT2D eigenvalue weighted by atomic mass is 16.5. The van der Waals surface area contributed by atoms with Crippen molar-refractivity contribution in [1.82, 2.24) is 20.2 Å². The van der Waals surface area contributed by atoms with Crippen molar-refractivity contribution in [2.75, 3.05) is 10.6 Å². The molecule has 3 aromatic carbocycles. The zero-order valence-electron chi connectivity index (χ0n) is 20.7. The van der Waals surface area contributed by atoms with Crippen molar-refractivity contribution in [2.24, 2.45) is 0 Å². The lowest BCUT2D eigenvalue weighted by Gasteiger charge is -2.28. The molecule has 0 spiro atoms. The van der Waals surface area contributed by atoms with Crippen LogP contribution in [-0.4, -0.2) is 26.1 Å². The summed E-state index contributed by atoms with van der Waals surface area (Å²) in [7, 11) is 0. The predicted molar refractivity (Wildman–Crippen MR) is 139 cm³/mol. The number of aromatic nitrogens is 4. The molecule has 0 saturated carbocycles. The first-order valence-electron chi connectivity index (χ1n) is 11.8. The van der Waals surface area contributed by atoms with E-state index < -0.39 is 6.04 Å². The second-order valence-electron chi connectivity index (χ2n) is 9.07. The number of nitrogens with zero attached hydrogens (tertiary/aromatic N) is 4. The number of amides is 1. The van der Waals surface area contributed by atoms with Gasteiger partial charge >= 0.3 is 0 Å². The third kappa shape index (κ3) is 4.57. The van der Waals surface area contributed by atoms with Crippen LogP contribution in [0, 0.1) is 20.8 Å². The average Bonchev–Trinajstić information content (AvgIpc) is 3.32. The van der Waals surface area contributed by atoms with Crippen molar-refractivity contribution < 1.29 is 9.53 Å². The molecule has 4 aromatic rings. The number of aryl methyl sites for hydroxylation is 3. The molecule has 1 amide bonds. The van der Waals surface area contributed by atoms with Gasteiger partial charge in [0.05, 0.1) is 5.57 Å². The summed E-state index contributed by atoms with van der Waals surface area (Å²) in [5, 5.41) is 18.4. The molecule has 0 radical (unpaired) electrons. The number of allylic oxidation sites excluding steroid dienone is 1. The van der Waals surface area contributed by atoms with E-state index in [-0.39, 0.29) is 5.91 Å². The molecule has 0 saturated heterocycles. The molecule has 182 valence electrons. The minimum atomic E-state index is -0.524. The fraction of sp³-hybridized carbons (Fsp3) is 0.214. The van der Waals surface area contributed by atoms with Crippen LogP contribution in [0.5, 0.6) is 5.75 Å². The molecule has 5 rings (SSSR count). The maximum atomic E-state index is 13.6. The van der Waals surface area contributed by atoms with E-state index in [2.05, 4.69) is 45.2 Å². The van der Waals surface area contributed by atoms with Crippen LogP contribution >= 0.6 is 0 Å². The van der Waals surface area contributed by atoms with Crippen LogP contribution in [0.15, 0.2) is 78.0 Å². The predicted octanol–water partition coefficient (Wildman–Crippen LogP) is 5.10. The molecule has 0 aliphatic carbocycles. The number of fused-ring (bicyclic) bond motifs is 1. The van der Waals surface area contributed by atoms with Crippen LogP contribution in [0.1, 0.15) is 40.8 Å². The van der Waals surface area contributed by atoms with Gasteiger partial charge in [0.2, 0.25) is 5.95 Å². The number of hydrogen-bond acceptors (Lipinski definition) is 6. The zero-order valence-corrected chi connectivity index (χ0v) is 20.7. The summed E-state index contributed by atoms with van der Waals surface area (Å²) < 4.78 is 7.76. The van der Waals surface area contributed by atoms with Crippen molar-refractivity contribution in [2.45, 2.75) is 40.3 Å². The first kappa shape index (κ1) is 23.3. The lowest BCUT2D eigenvalue weighted by molar-refractivity contribution is -0.113. The summed E-state index contributed by atoms with van der Waals surface area (Å²) >= 11 is 0. The van der Waals surface area contributed by atoms with Gasteiger partial charge in [0.1, 0.15) is 18.4 Å². The van der Waals surface area contributed by atoms with Crippen LogP contribution in [0.4, 0.5) is 11.6 Å². The smallest absolute Gasteiger partial charge is 0.255 e. The van der Waals surface area contributed by atoms with Gasteiger partial charge in [-0.15, -0.1) is 0 Å². The topological polar surface area (TPSA) is 94.0 Å². The van der Waals surface area contributed by atoms with Crippen LogP contribution in [0.3, 0.4) is 0 Å². The second-order valence-corrected chi connectivity index (χ2v) is 9.07. The molecule has 1 aliphatic rings. The molecule has 2 N–H and O–H groups in total. The zero-order chi connectivity index (χ0) is 25.2. The Morgan fingerprint density at radius 3 is 2.64 bits per heavy atom. The number of ether oxygens (including phenoxy) is 1. The van der Waals surface area contributed by atoms with Gasteiger partial charge < -0.3 is 15.4 Å². The Labute approximate surface area is 210 Å². The quantitative estimate of drug-likeness (QED) is 0.399. The van der Waals surface area contributed by atoms with Gasteiger partial charge in [-0.2, -0.15) is 4.68 Å². The number of tetrazole rings is 1. The first-order valence-corrected chi connectivity index (χ1v) is 11.8. The Bertz CT molecular complexity index is 1470. The number of carbonyl (C=O) groups is 1. The molecular weight excluding hydrogens is 452 g/mol. The van der Waals surface area contributed by atoms with Crippen molar-refractivity contribution >= 4 is 17.5 Å². The molecule has 1 unspecified atom stereocenters. The number of rotatable bonds is 6. The largest absolute Gasteiger partial charge is 0.489 e. The van der Waals surface area contributed by atoms with E-state index in [9.17, 15) is 4.79 Å².